The van der Waals surface area contributed by atoms with Gasteiger partial charge in [0.15, 0.2) is 0 Å². The molecular formula is C32H28N2O5. The molecule has 0 bridgehead atoms. The lowest BCUT2D eigenvalue weighted by molar-refractivity contribution is -0.132. The van der Waals surface area contributed by atoms with E-state index in [-0.39, 0.29) is 17.4 Å². The van der Waals surface area contributed by atoms with Crippen molar-refractivity contribution >= 4 is 23.1 Å². The van der Waals surface area contributed by atoms with Crippen LogP contribution in [0.4, 0.5) is 5.69 Å². The standard InChI is InChI=1S/C32H28N2O5/c1-21(2)39-27-14-10-23(11-15-27)30(35)28-29(24-9-6-18-33-19-24)34(32(37)31(28)36)25-12-16-26(17-13-25)38-20-22-7-4-3-5-8-22/h3-19,21,29,35H,20H2,1-2H3/b30-28-. The zero-order valence-electron chi connectivity index (χ0n) is 21.7. The molecule has 1 unspecified atom stereocenters. The van der Waals surface area contributed by atoms with Crippen molar-refractivity contribution in [2.75, 3.05) is 4.90 Å². The third-order valence-corrected chi connectivity index (χ3v) is 6.31. The summed E-state index contributed by atoms with van der Waals surface area (Å²) in [6, 6.07) is 26.2. The van der Waals surface area contributed by atoms with E-state index in [4.69, 9.17) is 9.47 Å². The van der Waals surface area contributed by atoms with Crippen molar-refractivity contribution in [1.29, 1.82) is 0 Å². The number of aliphatic hydroxyl groups excluding tert-OH is 1. The monoisotopic (exact) mass is 520 g/mol. The normalized spacial score (nSPS) is 16.5. The summed E-state index contributed by atoms with van der Waals surface area (Å²) in [6.07, 6.45) is 3.20. The van der Waals surface area contributed by atoms with E-state index in [0.717, 1.165) is 5.56 Å². The fraction of sp³-hybridized carbons (Fsp3) is 0.156. The Kier molecular flexibility index (Phi) is 7.41. The molecule has 196 valence electrons. The number of aliphatic hydroxyl groups is 1. The van der Waals surface area contributed by atoms with Crippen molar-refractivity contribution in [3.8, 4) is 11.5 Å². The summed E-state index contributed by atoms with van der Waals surface area (Å²) in [4.78, 5) is 32.3. The average molecular weight is 521 g/mol. The minimum atomic E-state index is -0.860. The molecular weight excluding hydrogens is 492 g/mol. The highest BCUT2D eigenvalue weighted by molar-refractivity contribution is 6.51. The van der Waals surface area contributed by atoms with Gasteiger partial charge < -0.3 is 14.6 Å². The summed E-state index contributed by atoms with van der Waals surface area (Å²) in [5, 5.41) is 11.3. The molecule has 0 spiro atoms. The molecule has 39 heavy (non-hydrogen) atoms. The quantitative estimate of drug-likeness (QED) is 0.172. The van der Waals surface area contributed by atoms with Gasteiger partial charge in [0.25, 0.3) is 11.7 Å². The maximum Gasteiger partial charge on any atom is 0.300 e. The van der Waals surface area contributed by atoms with Gasteiger partial charge in [0.2, 0.25) is 0 Å². The van der Waals surface area contributed by atoms with E-state index in [0.29, 0.717) is 34.9 Å². The number of carbonyl (C=O) groups is 2. The van der Waals surface area contributed by atoms with E-state index in [2.05, 4.69) is 4.98 Å². The van der Waals surface area contributed by atoms with Gasteiger partial charge in [-0.05, 0) is 79.6 Å². The number of ketones is 1. The van der Waals surface area contributed by atoms with Crippen molar-refractivity contribution in [3.05, 3.63) is 126 Å². The summed E-state index contributed by atoms with van der Waals surface area (Å²) >= 11 is 0. The second kappa shape index (κ2) is 11.2. The highest BCUT2D eigenvalue weighted by Crippen LogP contribution is 2.42. The molecule has 1 amide bonds. The minimum Gasteiger partial charge on any atom is -0.507 e. The molecule has 2 heterocycles. The summed E-state index contributed by atoms with van der Waals surface area (Å²) in [5.74, 6) is -0.499. The highest BCUT2D eigenvalue weighted by Gasteiger charge is 2.47. The molecule has 0 saturated carbocycles. The molecule has 1 aromatic heterocycles. The van der Waals surface area contributed by atoms with Gasteiger partial charge in [-0.15, -0.1) is 0 Å². The molecule has 1 saturated heterocycles. The first-order valence-electron chi connectivity index (χ1n) is 12.7. The molecule has 7 heteroatoms. The number of amides is 1. The van der Waals surface area contributed by atoms with Crippen LogP contribution in [0, 0.1) is 0 Å². The SMILES string of the molecule is CC(C)Oc1ccc(/C(O)=C2/C(=O)C(=O)N(c3ccc(OCc4ccccc4)cc3)C2c2cccnc2)cc1. The van der Waals surface area contributed by atoms with Crippen molar-refractivity contribution in [2.45, 2.75) is 32.6 Å². The van der Waals surface area contributed by atoms with Crippen LogP contribution in [0.15, 0.2) is 109 Å². The van der Waals surface area contributed by atoms with Crippen LogP contribution in [0.3, 0.4) is 0 Å². The lowest BCUT2D eigenvalue weighted by Crippen LogP contribution is -2.29. The Hall–Kier alpha value is -4.91. The third kappa shape index (κ3) is 5.52. The van der Waals surface area contributed by atoms with Crippen molar-refractivity contribution in [1.82, 2.24) is 4.98 Å². The predicted octanol–water partition coefficient (Wildman–Crippen LogP) is 6.07. The molecule has 1 N–H and O–H groups in total. The summed E-state index contributed by atoms with van der Waals surface area (Å²) in [6.45, 7) is 4.25. The van der Waals surface area contributed by atoms with E-state index in [9.17, 15) is 14.7 Å². The Labute approximate surface area is 227 Å². The molecule has 4 aromatic rings. The average Bonchev–Trinajstić information content (AvgIpc) is 3.23. The number of hydrogen-bond acceptors (Lipinski definition) is 6. The second-order valence-corrected chi connectivity index (χ2v) is 9.41. The van der Waals surface area contributed by atoms with Crippen LogP contribution in [0.2, 0.25) is 0 Å². The summed E-state index contributed by atoms with van der Waals surface area (Å²) in [5.41, 5.74) is 2.53. The van der Waals surface area contributed by atoms with Crippen LogP contribution >= 0.6 is 0 Å². The summed E-state index contributed by atoms with van der Waals surface area (Å²) in [7, 11) is 0. The van der Waals surface area contributed by atoms with E-state index in [1.54, 1.807) is 73.1 Å². The number of hydrogen-bond donors (Lipinski definition) is 1. The largest absolute Gasteiger partial charge is 0.507 e. The number of benzene rings is 3. The van der Waals surface area contributed by atoms with Gasteiger partial charge in [-0.3, -0.25) is 19.5 Å². The van der Waals surface area contributed by atoms with Gasteiger partial charge in [0.1, 0.15) is 23.9 Å². The van der Waals surface area contributed by atoms with Gasteiger partial charge in [-0.25, -0.2) is 0 Å². The van der Waals surface area contributed by atoms with E-state index >= 15 is 0 Å². The molecule has 7 nitrogen and oxygen atoms in total. The number of aromatic nitrogens is 1. The van der Waals surface area contributed by atoms with Crippen LogP contribution in [-0.2, 0) is 16.2 Å². The zero-order valence-corrected chi connectivity index (χ0v) is 21.7. The second-order valence-electron chi connectivity index (χ2n) is 9.41. The van der Waals surface area contributed by atoms with Crippen LogP contribution in [0.25, 0.3) is 5.76 Å². The first-order chi connectivity index (χ1) is 18.9. The molecule has 3 aromatic carbocycles. The maximum atomic E-state index is 13.4. The first kappa shape index (κ1) is 25.7. The molecule has 0 radical (unpaired) electrons. The van der Waals surface area contributed by atoms with Crippen LogP contribution in [0.5, 0.6) is 11.5 Å². The molecule has 1 atom stereocenters. The number of ether oxygens (including phenoxy) is 2. The minimum absolute atomic E-state index is 0.00419. The fourth-order valence-electron chi connectivity index (χ4n) is 4.51. The maximum absolute atomic E-state index is 13.4. The van der Waals surface area contributed by atoms with Crippen LogP contribution in [0.1, 0.15) is 36.6 Å². The predicted molar refractivity (Wildman–Crippen MR) is 148 cm³/mol. The topological polar surface area (TPSA) is 89.0 Å². The molecule has 1 fully saturated rings. The number of carbonyl (C=O) groups excluding carboxylic acids is 2. The summed E-state index contributed by atoms with van der Waals surface area (Å²) < 4.78 is 11.6. The van der Waals surface area contributed by atoms with Gasteiger partial charge >= 0.3 is 0 Å². The van der Waals surface area contributed by atoms with Gasteiger partial charge in [0, 0.05) is 23.6 Å². The van der Waals surface area contributed by atoms with Gasteiger partial charge in [0.05, 0.1) is 17.7 Å². The fourth-order valence-corrected chi connectivity index (χ4v) is 4.51. The Morgan fingerprint density at radius 1 is 0.897 bits per heavy atom. The zero-order chi connectivity index (χ0) is 27.4. The number of rotatable bonds is 8. The number of nitrogens with zero attached hydrogens (tertiary/aromatic N) is 2. The van der Waals surface area contributed by atoms with Crippen LogP contribution in [-0.4, -0.2) is 27.9 Å². The number of pyridine rings is 1. The van der Waals surface area contributed by atoms with Crippen molar-refractivity contribution in [2.24, 2.45) is 0 Å². The van der Waals surface area contributed by atoms with E-state index in [1.165, 1.54) is 4.90 Å². The third-order valence-electron chi connectivity index (χ3n) is 6.31. The smallest absolute Gasteiger partial charge is 0.300 e. The molecule has 0 aliphatic carbocycles. The molecule has 1 aliphatic heterocycles. The van der Waals surface area contributed by atoms with Gasteiger partial charge in [-0.2, -0.15) is 0 Å². The Balaban J connectivity index is 1.49. The lowest BCUT2D eigenvalue weighted by Gasteiger charge is -2.25. The molecule has 1 aliphatic rings. The van der Waals surface area contributed by atoms with E-state index < -0.39 is 17.7 Å². The van der Waals surface area contributed by atoms with Crippen LogP contribution < -0.4 is 14.4 Å². The Morgan fingerprint density at radius 3 is 2.23 bits per heavy atom. The van der Waals surface area contributed by atoms with Crippen molar-refractivity contribution in [3.63, 3.8) is 0 Å². The first-order valence-corrected chi connectivity index (χ1v) is 12.7. The lowest BCUT2D eigenvalue weighted by atomic mass is 9.96. The Morgan fingerprint density at radius 2 is 1.59 bits per heavy atom. The Bertz CT molecular complexity index is 1480. The number of Topliss-reactive ketones (excluding diaryl/α,β-unsaturated/α-hetero) is 1. The van der Waals surface area contributed by atoms with Crippen molar-refractivity contribution < 1.29 is 24.2 Å². The van der Waals surface area contributed by atoms with E-state index in [1.807, 2.05) is 44.2 Å². The molecule has 5 rings (SSSR count). The number of anilines is 1. The van der Waals surface area contributed by atoms with Gasteiger partial charge in [-0.1, -0.05) is 36.4 Å². The highest BCUT2D eigenvalue weighted by atomic mass is 16.5.